The van der Waals surface area contributed by atoms with E-state index in [1.54, 1.807) is 12.1 Å². The number of benzene rings is 1. The van der Waals surface area contributed by atoms with Crippen molar-refractivity contribution in [2.45, 2.75) is 6.42 Å². The Labute approximate surface area is 103 Å². The van der Waals surface area contributed by atoms with Crippen LogP contribution in [-0.2, 0) is 0 Å². The molecule has 86 valence electrons. The zero-order chi connectivity index (χ0) is 12.7. The van der Waals surface area contributed by atoms with Crippen LogP contribution in [0.15, 0.2) is 23.3 Å². The summed E-state index contributed by atoms with van der Waals surface area (Å²) in [5.41, 5.74) is 8.40. The molecule has 0 amide bonds. The lowest BCUT2D eigenvalue weighted by atomic mass is 10.1. The van der Waals surface area contributed by atoms with Crippen LogP contribution in [0.2, 0.25) is 5.02 Å². The number of azide groups is 1. The van der Waals surface area contributed by atoms with E-state index in [9.17, 15) is 4.79 Å². The van der Waals surface area contributed by atoms with E-state index in [-0.39, 0.29) is 17.7 Å². The molecule has 0 fully saturated rings. The van der Waals surface area contributed by atoms with E-state index in [0.29, 0.717) is 11.4 Å². The third-order valence-corrected chi connectivity index (χ3v) is 2.17. The molecule has 1 N–H and O–H groups in total. The average molecular weight is 250 g/mol. The molecule has 0 aliphatic heterocycles. The molecule has 1 rings (SSSR count). The Kier molecular flexibility index (Phi) is 4.89. The third kappa shape index (κ3) is 3.72. The van der Waals surface area contributed by atoms with Crippen LogP contribution in [-0.4, -0.2) is 17.6 Å². The van der Waals surface area contributed by atoms with E-state index in [0.717, 1.165) is 0 Å². The summed E-state index contributed by atoms with van der Waals surface area (Å²) in [5.74, 6) is 4.31. The minimum absolute atomic E-state index is 0.0637. The van der Waals surface area contributed by atoms with E-state index < -0.39 is 5.97 Å². The fourth-order valence-electron chi connectivity index (χ4n) is 1.13. The van der Waals surface area contributed by atoms with Gasteiger partial charge in [-0.3, -0.25) is 0 Å². The molecule has 1 aromatic rings. The van der Waals surface area contributed by atoms with Gasteiger partial charge in [0.15, 0.2) is 0 Å². The first-order valence-electron chi connectivity index (χ1n) is 4.68. The Balaban J connectivity index is 2.96. The lowest BCUT2D eigenvalue weighted by molar-refractivity contribution is 0.0696. The second-order valence-corrected chi connectivity index (χ2v) is 3.38. The minimum Gasteiger partial charge on any atom is -0.478 e. The third-order valence-electron chi connectivity index (χ3n) is 1.86. The first-order chi connectivity index (χ1) is 8.16. The molecule has 0 aromatic heterocycles. The number of carbonyl (C=O) groups is 1. The van der Waals surface area contributed by atoms with Gasteiger partial charge in [-0.25, -0.2) is 4.79 Å². The van der Waals surface area contributed by atoms with Crippen LogP contribution in [0.3, 0.4) is 0 Å². The van der Waals surface area contributed by atoms with Crippen molar-refractivity contribution in [3.05, 3.63) is 44.8 Å². The number of nitrogens with zero attached hydrogens (tertiary/aromatic N) is 3. The van der Waals surface area contributed by atoms with Crippen molar-refractivity contribution in [1.82, 2.24) is 0 Å². The van der Waals surface area contributed by atoms with Gasteiger partial charge in [0.1, 0.15) is 0 Å². The molecular weight excluding hydrogens is 242 g/mol. The normalized spacial score (nSPS) is 8.76. The Bertz CT molecular complexity index is 539. The highest BCUT2D eigenvalue weighted by atomic mass is 35.5. The second-order valence-electron chi connectivity index (χ2n) is 2.97. The van der Waals surface area contributed by atoms with Crippen LogP contribution in [0.4, 0.5) is 0 Å². The van der Waals surface area contributed by atoms with E-state index >= 15 is 0 Å². The number of rotatable bonds is 3. The summed E-state index contributed by atoms with van der Waals surface area (Å²) < 4.78 is 0. The van der Waals surface area contributed by atoms with Gasteiger partial charge in [-0.15, -0.1) is 0 Å². The second kappa shape index (κ2) is 6.44. The van der Waals surface area contributed by atoms with Gasteiger partial charge in [0, 0.05) is 17.9 Å². The molecule has 0 saturated carbocycles. The Hall–Kier alpha value is -2.15. The van der Waals surface area contributed by atoms with Gasteiger partial charge in [0.2, 0.25) is 0 Å². The molecule has 0 aliphatic carbocycles. The molecule has 0 spiro atoms. The Morgan fingerprint density at radius 2 is 2.35 bits per heavy atom. The van der Waals surface area contributed by atoms with E-state index in [1.165, 1.54) is 6.07 Å². The molecule has 0 atom stereocenters. The maximum atomic E-state index is 10.9. The van der Waals surface area contributed by atoms with Crippen LogP contribution >= 0.6 is 11.6 Å². The highest BCUT2D eigenvalue weighted by Gasteiger charge is 2.10. The number of carboxylic acids is 1. The molecule has 0 radical (unpaired) electrons. The van der Waals surface area contributed by atoms with Crippen molar-refractivity contribution in [1.29, 1.82) is 0 Å². The topological polar surface area (TPSA) is 86.1 Å². The van der Waals surface area contributed by atoms with Crippen LogP contribution < -0.4 is 0 Å². The highest BCUT2D eigenvalue weighted by Crippen LogP contribution is 2.18. The minimum atomic E-state index is -1.08. The maximum Gasteiger partial charge on any atom is 0.337 e. The van der Waals surface area contributed by atoms with Crippen LogP contribution in [0.1, 0.15) is 22.3 Å². The van der Waals surface area contributed by atoms with Gasteiger partial charge in [0.25, 0.3) is 0 Å². The predicted octanol–water partition coefficient (Wildman–Crippen LogP) is 3.09. The summed E-state index contributed by atoms with van der Waals surface area (Å²) in [6.45, 7) is 0.246. The molecule has 5 nitrogen and oxygen atoms in total. The van der Waals surface area contributed by atoms with Crippen molar-refractivity contribution in [3.8, 4) is 11.8 Å². The van der Waals surface area contributed by atoms with Crippen LogP contribution in [0.5, 0.6) is 0 Å². The SMILES string of the molecule is [N-]=[N+]=NCCC#Cc1c(Cl)cccc1C(=O)O. The molecule has 0 saturated heterocycles. The largest absolute Gasteiger partial charge is 0.478 e. The van der Waals surface area contributed by atoms with E-state index in [2.05, 4.69) is 21.9 Å². The van der Waals surface area contributed by atoms with Gasteiger partial charge in [0.05, 0.1) is 16.1 Å². The molecule has 17 heavy (non-hydrogen) atoms. The maximum absolute atomic E-state index is 10.9. The lowest BCUT2D eigenvalue weighted by Gasteiger charge is -2.00. The molecule has 6 heteroatoms. The highest BCUT2D eigenvalue weighted by molar-refractivity contribution is 6.32. The van der Waals surface area contributed by atoms with Gasteiger partial charge >= 0.3 is 5.97 Å². The predicted molar refractivity (Wildman–Crippen MR) is 63.9 cm³/mol. The fraction of sp³-hybridized carbons (Fsp3) is 0.182. The summed E-state index contributed by atoms with van der Waals surface area (Å²) >= 11 is 5.87. The van der Waals surface area contributed by atoms with Crippen LogP contribution in [0, 0.1) is 11.8 Å². The van der Waals surface area contributed by atoms with E-state index in [4.69, 9.17) is 22.2 Å². The molecule has 0 unspecified atom stereocenters. The lowest BCUT2D eigenvalue weighted by Crippen LogP contribution is -2.00. The van der Waals surface area contributed by atoms with E-state index in [1.807, 2.05) is 0 Å². The summed E-state index contributed by atoms with van der Waals surface area (Å²) in [6.07, 6.45) is 0.355. The van der Waals surface area contributed by atoms with Gasteiger partial charge in [-0.05, 0) is 17.7 Å². The molecule has 0 heterocycles. The molecule has 1 aromatic carbocycles. The van der Waals surface area contributed by atoms with Gasteiger partial charge in [-0.1, -0.05) is 34.6 Å². The van der Waals surface area contributed by atoms with Crippen molar-refractivity contribution in [3.63, 3.8) is 0 Å². The zero-order valence-electron chi connectivity index (χ0n) is 8.72. The fourth-order valence-corrected chi connectivity index (χ4v) is 1.35. The number of hydrogen-bond acceptors (Lipinski definition) is 2. The monoisotopic (exact) mass is 249 g/mol. The van der Waals surface area contributed by atoms with Gasteiger partial charge < -0.3 is 5.11 Å². The molecular formula is C11H8ClN3O2. The first kappa shape index (κ1) is 12.9. The number of hydrogen-bond donors (Lipinski definition) is 1. The van der Waals surface area contributed by atoms with Crippen molar-refractivity contribution in [2.24, 2.45) is 5.11 Å². The smallest absolute Gasteiger partial charge is 0.337 e. The summed E-state index contributed by atoms with van der Waals surface area (Å²) in [5, 5.41) is 12.5. The number of halogens is 1. The number of aromatic carboxylic acids is 1. The van der Waals surface area contributed by atoms with Crippen LogP contribution in [0.25, 0.3) is 10.4 Å². The van der Waals surface area contributed by atoms with Crippen molar-refractivity contribution in [2.75, 3.05) is 6.54 Å². The van der Waals surface area contributed by atoms with Crippen molar-refractivity contribution >= 4 is 17.6 Å². The summed E-state index contributed by atoms with van der Waals surface area (Å²) in [7, 11) is 0. The van der Waals surface area contributed by atoms with Gasteiger partial charge in [-0.2, -0.15) is 0 Å². The molecule has 0 bridgehead atoms. The Morgan fingerprint density at radius 3 is 3.00 bits per heavy atom. The standard InChI is InChI=1S/C11H8ClN3O2/c12-10-6-3-5-9(11(16)17)8(10)4-1-2-7-14-15-13/h3,5-6H,2,7H2,(H,16,17). The summed E-state index contributed by atoms with van der Waals surface area (Å²) in [6, 6.07) is 4.56. The quantitative estimate of drug-likeness (QED) is 0.293. The summed E-state index contributed by atoms with van der Waals surface area (Å²) in [4.78, 5) is 13.5. The number of carboxylic acid groups (broad SMARTS) is 1. The Morgan fingerprint density at radius 1 is 1.59 bits per heavy atom. The molecule has 0 aliphatic rings. The van der Waals surface area contributed by atoms with Crippen molar-refractivity contribution < 1.29 is 9.90 Å². The first-order valence-corrected chi connectivity index (χ1v) is 5.06. The zero-order valence-corrected chi connectivity index (χ0v) is 9.48. The average Bonchev–Trinajstić information content (AvgIpc) is 2.30.